The number of nitrogens with two attached hydrogens (primary N) is 1. The Kier molecular flexibility index (Phi) is 5.32. The number of nitrogens with one attached hydrogen (secondary N) is 2. The summed E-state index contributed by atoms with van der Waals surface area (Å²) in [7, 11) is -3.28. The highest BCUT2D eigenvalue weighted by Crippen LogP contribution is 2.09. The minimum atomic E-state index is -3.28. The lowest BCUT2D eigenvalue weighted by Gasteiger charge is -2.07. The number of benzene rings is 2. The number of hydrogen-bond acceptors (Lipinski definition) is 4. The van der Waals surface area contributed by atoms with E-state index in [-0.39, 0.29) is 5.75 Å². The SMILES string of the molecule is NNc1ccc(CCS(=O)(=O)NCc2ccccc2)cc1. The van der Waals surface area contributed by atoms with E-state index >= 15 is 0 Å². The van der Waals surface area contributed by atoms with Crippen LogP contribution in [0.1, 0.15) is 11.1 Å². The molecule has 21 heavy (non-hydrogen) atoms. The van der Waals surface area contributed by atoms with Gasteiger partial charge in [0.2, 0.25) is 10.0 Å². The maximum absolute atomic E-state index is 12.0. The van der Waals surface area contributed by atoms with Gasteiger partial charge in [-0.05, 0) is 29.7 Å². The van der Waals surface area contributed by atoms with Gasteiger partial charge in [0.1, 0.15) is 0 Å². The predicted molar refractivity (Wildman–Crippen MR) is 85.0 cm³/mol. The summed E-state index contributed by atoms with van der Waals surface area (Å²) in [6.07, 6.45) is 0.467. The summed E-state index contributed by atoms with van der Waals surface area (Å²) in [5.74, 6) is 5.35. The number of hydrazine groups is 1. The van der Waals surface area contributed by atoms with Gasteiger partial charge in [0.25, 0.3) is 0 Å². The van der Waals surface area contributed by atoms with Crippen molar-refractivity contribution < 1.29 is 8.42 Å². The molecule has 0 amide bonds. The largest absolute Gasteiger partial charge is 0.324 e. The van der Waals surface area contributed by atoms with Gasteiger partial charge in [0.05, 0.1) is 5.75 Å². The number of anilines is 1. The first-order chi connectivity index (χ1) is 10.1. The minimum absolute atomic E-state index is 0.0647. The van der Waals surface area contributed by atoms with Gasteiger partial charge < -0.3 is 5.43 Å². The van der Waals surface area contributed by atoms with E-state index in [1.54, 1.807) is 0 Å². The van der Waals surface area contributed by atoms with Crippen LogP contribution in [0.25, 0.3) is 0 Å². The molecule has 0 saturated heterocycles. The second kappa shape index (κ2) is 7.21. The molecule has 0 radical (unpaired) electrons. The van der Waals surface area contributed by atoms with Crippen LogP contribution in [0.3, 0.4) is 0 Å². The monoisotopic (exact) mass is 305 g/mol. The average Bonchev–Trinajstić information content (AvgIpc) is 2.53. The lowest BCUT2D eigenvalue weighted by molar-refractivity contribution is 0.580. The molecule has 6 heteroatoms. The fourth-order valence-corrected chi connectivity index (χ4v) is 2.92. The van der Waals surface area contributed by atoms with E-state index in [9.17, 15) is 8.42 Å². The van der Waals surface area contributed by atoms with Crippen LogP contribution in [0.15, 0.2) is 54.6 Å². The molecule has 0 fully saturated rings. The molecular weight excluding hydrogens is 286 g/mol. The third kappa shape index (κ3) is 5.18. The Labute approximate surface area is 125 Å². The Morgan fingerprint density at radius 2 is 1.57 bits per heavy atom. The minimum Gasteiger partial charge on any atom is -0.324 e. The highest BCUT2D eigenvalue weighted by Gasteiger charge is 2.10. The number of rotatable bonds is 7. The highest BCUT2D eigenvalue weighted by atomic mass is 32.2. The van der Waals surface area contributed by atoms with Crippen molar-refractivity contribution in [3.8, 4) is 0 Å². The molecule has 0 aliphatic rings. The normalized spacial score (nSPS) is 11.3. The molecule has 0 heterocycles. The van der Waals surface area contributed by atoms with Gasteiger partial charge in [-0.25, -0.2) is 13.1 Å². The quantitative estimate of drug-likeness (QED) is 0.536. The fourth-order valence-electron chi connectivity index (χ4n) is 1.88. The Bertz CT molecular complexity index is 655. The van der Waals surface area contributed by atoms with Crippen LogP contribution in [-0.2, 0) is 23.0 Å². The first kappa shape index (κ1) is 15.5. The molecule has 5 nitrogen and oxygen atoms in total. The molecule has 0 aliphatic carbocycles. The highest BCUT2D eigenvalue weighted by molar-refractivity contribution is 7.89. The van der Waals surface area contributed by atoms with Crippen molar-refractivity contribution in [3.05, 3.63) is 65.7 Å². The topological polar surface area (TPSA) is 84.2 Å². The molecule has 0 saturated carbocycles. The molecule has 0 aromatic heterocycles. The van der Waals surface area contributed by atoms with Crippen LogP contribution in [-0.4, -0.2) is 14.2 Å². The summed E-state index contributed by atoms with van der Waals surface area (Å²) in [5.41, 5.74) is 5.23. The molecule has 2 aromatic rings. The molecule has 0 atom stereocenters. The first-order valence-electron chi connectivity index (χ1n) is 6.66. The van der Waals surface area contributed by atoms with Gasteiger partial charge in [-0.15, -0.1) is 0 Å². The summed E-state index contributed by atoms with van der Waals surface area (Å²) in [4.78, 5) is 0. The molecule has 2 aromatic carbocycles. The second-order valence-electron chi connectivity index (χ2n) is 4.72. The van der Waals surface area contributed by atoms with E-state index in [4.69, 9.17) is 5.84 Å². The van der Waals surface area contributed by atoms with Crippen LogP contribution < -0.4 is 16.0 Å². The smallest absolute Gasteiger partial charge is 0.212 e. The number of aryl methyl sites for hydroxylation is 1. The molecule has 0 aliphatic heterocycles. The van der Waals surface area contributed by atoms with Gasteiger partial charge in [0, 0.05) is 12.2 Å². The fraction of sp³-hybridized carbons (Fsp3) is 0.200. The zero-order chi connectivity index (χ0) is 15.1. The van der Waals surface area contributed by atoms with Crippen molar-refractivity contribution in [2.24, 2.45) is 5.84 Å². The van der Waals surface area contributed by atoms with Crippen molar-refractivity contribution >= 4 is 15.7 Å². The van der Waals surface area contributed by atoms with Crippen LogP contribution in [0, 0.1) is 0 Å². The molecule has 112 valence electrons. The predicted octanol–water partition coefficient (Wildman–Crippen LogP) is 1.63. The molecule has 0 spiro atoms. The Balaban J connectivity index is 1.85. The van der Waals surface area contributed by atoms with Crippen molar-refractivity contribution in [2.75, 3.05) is 11.2 Å². The van der Waals surface area contributed by atoms with Crippen LogP contribution >= 0.6 is 0 Å². The van der Waals surface area contributed by atoms with Crippen molar-refractivity contribution in [3.63, 3.8) is 0 Å². The number of hydrogen-bond donors (Lipinski definition) is 3. The Hall–Kier alpha value is -1.89. The van der Waals surface area contributed by atoms with Crippen molar-refractivity contribution in [1.29, 1.82) is 0 Å². The van der Waals surface area contributed by atoms with E-state index in [1.807, 2.05) is 54.6 Å². The van der Waals surface area contributed by atoms with E-state index in [0.29, 0.717) is 13.0 Å². The molecule has 4 N–H and O–H groups in total. The van der Waals surface area contributed by atoms with E-state index in [2.05, 4.69) is 10.1 Å². The van der Waals surface area contributed by atoms with Gasteiger partial charge >= 0.3 is 0 Å². The second-order valence-corrected chi connectivity index (χ2v) is 6.64. The number of sulfonamides is 1. The summed E-state index contributed by atoms with van der Waals surface area (Å²) in [5, 5.41) is 0. The molecule has 2 rings (SSSR count). The van der Waals surface area contributed by atoms with E-state index in [1.165, 1.54) is 0 Å². The van der Waals surface area contributed by atoms with E-state index < -0.39 is 10.0 Å². The summed E-state index contributed by atoms with van der Waals surface area (Å²) in [6.45, 7) is 0.319. The summed E-state index contributed by atoms with van der Waals surface area (Å²) in [6, 6.07) is 16.8. The Morgan fingerprint density at radius 1 is 0.905 bits per heavy atom. The standard InChI is InChI=1S/C15H19N3O2S/c16-18-15-8-6-13(7-9-15)10-11-21(19,20)17-12-14-4-2-1-3-5-14/h1-9,17-18H,10-12,16H2. The third-order valence-corrected chi connectivity index (χ3v) is 4.44. The van der Waals surface area contributed by atoms with Gasteiger partial charge in [-0.2, -0.15) is 0 Å². The first-order valence-corrected chi connectivity index (χ1v) is 8.31. The maximum atomic E-state index is 12.0. The third-order valence-electron chi connectivity index (χ3n) is 3.12. The average molecular weight is 305 g/mol. The lowest BCUT2D eigenvalue weighted by Crippen LogP contribution is -2.26. The van der Waals surface area contributed by atoms with Crippen molar-refractivity contribution in [1.82, 2.24) is 4.72 Å². The Morgan fingerprint density at radius 3 is 2.19 bits per heavy atom. The van der Waals surface area contributed by atoms with Gasteiger partial charge in [-0.3, -0.25) is 5.84 Å². The zero-order valence-electron chi connectivity index (χ0n) is 11.6. The summed E-state index contributed by atoms with van der Waals surface area (Å²) >= 11 is 0. The van der Waals surface area contributed by atoms with Crippen molar-refractivity contribution in [2.45, 2.75) is 13.0 Å². The molecule has 0 unspecified atom stereocenters. The zero-order valence-corrected chi connectivity index (χ0v) is 12.4. The molecular formula is C15H19N3O2S. The van der Waals surface area contributed by atoms with Crippen LogP contribution in [0.5, 0.6) is 0 Å². The van der Waals surface area contributed by atoms with Gasteiger partial charge in [0.15, 0.2) is 0 Å². The summed E-state index contributed by atoms with van der Waals surface area (Å²) < 4.78 is 26.5. The van der Waals surface area contributed by atoms with E-state index in [0.717, 1.165) is 16.8 Å². The number of nitrogen functional groups attached to an aromatic ring is 1. The van der Waals surface area contributed by atoms with Crippen LogP contribution in [0.4, 0.5) is 5.69 Å². The van der Waals surface area contributed by atoms with Gasteiger partial charge in [-0.1, -0.05) is 42.5 Å². The molecule has 0 bridgehead atoms. The maximum Gasteiger partial charge on any atom is 0.212 e. The lowest BCUT2D eigenvalue weighted by atomic mass is 10.1. The van der Waals surface area contributed by atoms with Crippen LogP contribution in [0.2, 0.25) is 0 Å².